The maximum atomic E-state index is 12.4. The van der Waals surface area contributed by atoms with Crippen LogP contribution in [0.3, 0.4) is 0 Å². The van der Waals surface area contributed by atoms with Crippen LogP contribution >= 0.6 is 12.1 Å². The third kappa shape index (κ3) is 6.20. The largest absolute Gasteiger partial charge is 0.505 e. The summed E-state index contributed by atoms with van der Waals surface area (Å²) in [6.45, 7) is 11.5. The van der Waals surface area contributed by atoms with Crippen molar-refractivity contribution in [3.63, 3.8) is 0 Å². The third-order valence-electron chi connectivity index (χ3n) is 5.41. The van der Waals surface area contributed by atoms with Crippen molar-refractivity contribution in [2.45, 2.75) is 26.8 Å². The molecule has 0 spiro atoms. The van der Waals surface area contributed by atoms with Crippen molar-refractivity contribution >= 4 is 29.6 Å². The molecule has 1 aliphatic rings. The van der Waals surface area contributed by atoms with E-state index in [0.717, 1.165) is 23.4 Å². The van der Waals surface area contributed by atoms with Crippen LogP contribution in [0.4, 0.5) is 5.69 Å². The van der Waals surface area contributed by atoms with Gasteiger partial charge >= 0.3 is 0 Å². The Morgan fingerprint density at radius 3 is 2.51 bits per heavy atom. The monoisotopic (exact) mass is 499 g/mol. The van der Waals surface area contributed by atoms with E-state index in [1.807, 2.05) is 18.2 Å². The summed E-state index contributed by atoms with van der Waals surface area (Å²) in [4.78, 5) is 18.3. The molecular formula is C25H33N5O4S. The second-order valence-corrected chi connectivity index (χ2v) is 9.82. The summed E-state index contributed by atoms with van der Waals surface area (Å²) in [5, 5.41) is 19.8. The molecule has 9 nitrogen and oxygen atoms in total. The Kier molecular flexibility index (Phi) is 8.18. The molecule has 0 aliphatic carbocycles. The van der Waals surface area contributed by atoms with E-state index in [4.69, 9.17) is 14.6 Å². The molecule has 1 aliphatic heterocycles. The molecule has 0 saturated heterocycles. The highest BCUT2D eigenvalue weighted by atomic mass is 32.2. The normalized spacial score (nSPS) is 14.2. The minimum absolute atomic E-state index is 0.151. The summed E-state index contributed by atoms with van der Waals surface area (Å²) in [6.07, 6.45) is 0. The first-order chi connectivity index (χ1) is 16.5. The second-order valence-electron chi connectivity index (χ2n) is 9.38. The number of ether oxygens (including phenoxy) is 2. The number of carbonyl (C=O) groups excluding carboxylic acids is 1. The number of phenolic OH excluding ortho intramolecular Hbond substituents is 1. The van der Waals surface area contributed by atoms with Gasteiger partial charge < -0.3 is 24.8 Å². The number of fused-ring (bicyclic) bond motifs is 1. The molecule has 35 heavy (non-hydrogen) atoms. The summed E-state index contributed by atoms with van der Waals surface area (Å²) in [5.41, 5.74) is 1.60. The van der Waals surface area contributed by atoms with Crippen molar-refractivity contribution < 1.29 is 19.4 Å². The minimum atomic E-state index is -0.328. The summed E-state index contributed by atoms with van der Waals surface area (Å²) in [5.74, 6) is 1.18. The lowest BCUT2D eigenvalue weighted by atomic mass is 9.82. The lowest BCUT2D eigenvalue weighted by molar-refractivity contribution is 0.0824. The number of nitrogens with one attached hydrogen (secondary N) is 2. The topological polar surface area (TPSA) is 121 Å². The van der Waals surface area contributed by atoms with Gasteiger partial charge in [-0.05, 0) is 35.2 Å². The van der Waals surface area contributed by atoms with Crippen LogP contribution in [-0.2, 0) is 0 Å². The Balaban J connectivity index is 1.94. The van der Waals surface area contributed by atoms with Crippen molar-refractivity contribution in [3.8, 4) is 17.2 Å². The number of phenols is 1. The lowest BCUT2D eigenvalue weighted by Gasteiger charge is -2.34. The lowest BCUT2D eigenvalue weighted by Crippen LogP contribution is -2.36. The molecule has 0 aromatic heterocycles. The highest BCUT2D eigenvalue weighted by Gasteiger charge is 2.29. The first kappa shape index (κ1) is 26.2. The van der Waals surface area contributed by atoms with Gasteiger partial charge in [0, 0.05) is 26.2 Å². The molecule has 0 bridgehead atoms. The number of amidine groups is 1. The van der Waals surface area contributed by atoms with Gasteiger partial charge in [0.15, 0.2) is 23.1 Å². The van der Waals surface area contributed by atoms with Gasteiger partial charge in [-0.25, -0.2) is 4.99 Å². The number of para-hydroxylation sites is 1. The van der Waals surface area contributed by atoms with E-state index >= 15 is 0 Å². The van der Waals surface area contributed by atoms with Crippen molar-refractivity contribution in [2.75, 3.05) is 27.3 Å². The molecule has 1 atom stereocenters. The quantitative estimate of drug-likeness (QED) is 0.257. The smallest absolute Gasteiger partial charge is 0.257 e. The average molecular weight is 500 g/mol. The number of hydrogen-bond donors (Lipinski definition) is 4. The maximum absolute atomic E-state index is 12.4. The molecular weight excluding hydrogens is 466 g/mol. The average Bonchev–Trinajstić information content (AvgIpc) is 2.81. The van der Waals surface area contributed by atoms with Crippen LogP contribution < -0.4 is 24.7 Å². The Bertz CT molecular complexity index is 1130. The van der Waals surface area contributed by atoms with Crippen molar-refractivity contribution in [1.29, 1.82) is 0 Å². The highest BCUT2D eigenvalue weighted by Crippen LogP contribution is 2.39. The number of aliphatic imine (C=N–C) groups is 1. The zero-order valence-corrected chi connectivity index (χ0v) is 21.5. The zero-order chi connectivity index (χ0) is 25.8. The molecule has 0 saturated carbocycles. The highest BCUT2D eigenvalue weighted by molar-refractivity contribution is 7.95. The van der Waals surface area contributed by atoms with Gasteiger partial charge in [-0.15, -0.1) is 0 Å². The fraction of sp³-hybridized carbons (Fsp3) is 0.360. The number of nitrogens with two attached hydrogens (primary N) is 1. The number of amides is 1. The fourth-order valence-electron chi connectivity index (χ4n) is 3.65. The number of rotatable bonds is 7. The van der Waals surface area contributed by atoms with Gasteiger partial charge in [-0.2, -0.15) is 0 Å². The molecule has 1 unspecified atom stereocenters. The number of nitrogens with zero attached hydrogens (tertiary/aromatic N) is 2. The standard InChI is InChI=1S/C25H33N5O4S/c1-15(23(29-35-26)28-18-9-7-8-17(21(18)31)24(32)30(5)6)27-22(25(2,3)4)16-10-11-19-20(14-16)34-13-12-33-19/h7-11,14,22,27,31H,1,12-13,26H2,2-6H3,(H,28,29). The van der Waals surface area contributed by atoms with Crippen molar-refractivity contribution in [3.05, 3.63) is 59.8 Å². The Morgan fingerprint density at radius 2 is 1.89 bits per heavy atom. The zero-order valence-electron chi connectivity index (χ0n) is 20.7. The molecule has 10 heteroatoms. The number of aromatic hydroxyl groups is 1. The van der Waals surface area contributed by atoms with Gasteiger partial charge in [0.2, 0.25) is 0 Å². The molecule has 3 rings (SSSR count). The molecule has 0 fully saturated rings. The molecule has 188 valence electrons. The second kappa shape index (κ2) is 10.9. The molecule has 5 N–H and O–H groups in total. The molecule has 1 amide bonds. The fourth-order valence-corrected chi connectivity index (χ4v) is 3.93. The molecule has 2 aromatic carbocycles. The molecule has 2 aromatic rings. The van der Waals surface area contributed by atoms with E-state index in [9.17, 15) is 9.90 Å². The van der Waals surface area contributed by atoms with Crippen LogP contribution in [0.15, 0.2) is 53.7 Å². The first-order valence-corrected chi connectivity index (χ1v) is 12.0. The van der Waals surface area contributed by atoms with Gasteiger partial charge in [0.1, 0.15) is 18.9 Å². The van der Waals surface area contributed by atoms with Crippen LogP contribution in [-0.4, -0.2) is 49.1 Å². The predicted octanol–water partition coefficient (Wildman–Crippen LogP) is 3.90. The van der Waals surface area contributed by atoms with E-state index in [1.54, 1.807) is 32.3 Å². The summed E-state index contributed by atoms with van der Waals surface area (Å²) in [6, 6.07) is 10.5. The number of benzene rings is 2. The molecule has 0 radical (unpaired) electrons. The van der Waals surface area contributed by atoms with Crippen LogP contribution in [0.1, 0.15) is 42.7 Å². The van der Waals surface area contributed by atoms with Gasteiger partial charge in [-0.3, -0.25) is 14.7 Å². The van der Waals surface area contributed by atoms with Crippen molar-refractivity contribution in [1.82, 2.24) is 14.9 Å². The number of hydrogen-bond acceptors (Lipinski definition) is 8. The Labute approximate surface area is 210 Å². The van der Waals surface area contributed by atoms with Crippen LogP contribution in [0, 0.1) is 5.41 Å². The van der Waals surface area contributed by atoms with Gasteiger partial charge in [0.05, 0.1) is 17.3 Å². The van der Waals surface area contributed by atoms with E-state index in [-0.39, 0.29) is 34.4 Å². The number of carbonyl (C=O) groups is 1. The Hall–Kier alpha value is -3.37. The predicted molar refractivity (Wildman–Crippen MR) is 140 cm³/mol. The maximum Gasteiger partial charge on any atom is 0.257 e. The summed E-state index contributed by atoms with van der Waals surface area (Å²) in [7, 11) is 3.23. The third-order valence-corrected chi connectivity index (χ3v) is 5.72. The van der Waals surface area contributed by atoms with Gasteiger partial charge in [0.25, 0.3) is 5.91 Å². The SMILES string of the molecule is C=C(NC(c1ccc2c(c1)OCCO2)C(C)(C)C)C(=Nc1cccc(C(=O)N(C)C)c1O)NSN. The van der Waals surface area contributed by atoms with E-state index in [2.05, 4.69) is 42.4 Å². The van der Waals surface area contributed by atoms with Crippen LogP contribution in [0.5, 0.6) is 17.2 Å². The Morgan fingerprint density at radius 1 is 1.20 bits per heavy atom. The summed E-state index contributed by atoms with van der Waals surface area (Å²) >= 11 is 0.853. The van der Waals surface area contributed by atoms with Gasteiger partial charge in [-0.1, -0.05) is 39.5 Å². The minimum Gasteiger partial charge on any atom is -0.505 e. The van der Waals surface area contributed by atoms with Crippen LogP contribution in [0.2, 0.25) is 0 Å². The van der Waals surface area contributed by atoms with Crippen molar-refractivity contribution in [2.24, 2.45) is 15.5 Å². The van der Waals surface area contributed by atoms with Crippen LogP contribution in [0.25, 0.3) is 0 Å². The van der Waals surface area contributed by atoms with E-state index in [1.165, 1.54) is 4.90 Å². The summed E-state index contributed by atoms with van der Waals surface area (Å²) < 4.78 is 14.3. The first-order valence-electron chi connectivity index (χ1n) is 11.1. The molecule has 1 heterocycles. The van der Waals surface area contributed by atoms with E-state index < -0.39 is 0 Å². The van der Waals surface area contributed by atoms with E-state index in [0.29, 0.717) is 30.5 Å².